The summed E-state index contributed by atoms with van der Waals surface area (Å²) in [6.45, 7) is 15.7. The summed E-state index contributed by atoms with van der Waals surface area (Å²) < 4.78 is 17.6. The minimum Gasteiger partial charge on any atom is -0.444 e. The quantitative estimate of drug-likeness (QED) is 0.809. The fraction of sp³-hybridized carbons (Fsp3) is 0.600. The summed E-state index contributed by atoms with van der Waals surface area (Å²) in [6.07, 6.45) is 3.20. The van der Waals surface area contributed by atoms with Gasteiger partial charge in [0.05, 0.1) is 16.9 Å². The molecule has 1 aliphatic rings. The van der Waals surface area contributed by atoms with E-state index in [1.807, 2.05) is 73.6 Å². The molecule has 0 atom stereocenters. The van der Waals surface area contributed by atoms with Gasteiger partial charge in [-0.1, -0.05) is 6.07 Å². The van der Waals surface area contributed by atoms with E-state index in [4.69, 9.17) is 14.0 Å². The van der Waals surface area contributed by atoms with Gasteiger partial charge in [0.25, 0.3) is 0 Å². The SMILES string of the molecule is Cc1ccc(C=C(CNC(=O)OC(C)(C)C)B2OC(C)(C)C(C)(C)O2)nc1. The van der Waals surface area contributed by atoms with Crippen molar-refractivity contribution in [1.82, 2.24) is 10.3 Å². The zero-order valence-electron chi connectivity index (χ0n) is 17.7. The predicted octanol–water partition coefficient (Wildman–Crippen LogP) is 3.93. The maximum atomic E-state index is 12.1. The Bertz CT molecular complexity index is 690. The zero-order valence-corrected chi connectivity index (χ0v) is 17.7. The second-order valence-corrected chi connectivity index (χ2v) is 8.92. The Hall–Kier alpha value is -1.86. The maximum Gasteiger partial charge on any atom is 0.492 e. The van der Waals surface area contributed by atoms with E-state index in [1.54, 1.807) is 6.20 Å². The molecule has 0 bridgehead atoms. The van der Waals surface area contributed by atoms with Gasteiger partial charge >= 0.3 is 13.2 Å². The highest BCUT2D eigenvalue weighted by Crippen LogP contribution is 2.38. The van der Waals surface area contributed by atoms with Crippen molar-refractivity contribution in [3.05, 3.63) is 35.1 Å². The first-order chi connectivity index (χ1) is 12.3. The summed E-state index contributed by atoms with van der Waals surface area (Å²) in [5, 5.41) is 2.79. The summed E-state index contributed by atoms with van der Waals surface area (Å²) in [4.78, 5) is 16.5. The molecule has 6 nitrogen and oxygen atoms in total. The van der Waals surface area contributed by atoms with Crippen molar-refractivity contribution in [3.63, 3.8) is 0 Å². The van der Waals surface area contributed by atoms with Gasteiger partial charge < -0.3 is 19.4 Å². The Morgan fingerprint density at radius 2 is 1.81 bits per heavy atom. The molecule has 1 fully saturated rings. The largest absolute Gasteiger partial charge is 0.492 e. The van der Waals surface area contributed by atoms with E-state index >= 15 is 0 Å². The molecular formula is C20H31BN2O4. The van der Waals surface area contributed by atoms with Crippen LogP contribution in [0.25, 0.3) is 6.08 Å². The molecule has 1 saturated heterocycles. The number of hydrogen-bond acceptors (Lipinski definition) is 5. The van der Waals surface area contributed by atoms with E-state index in [-0.39, 0.29) is 6.54 Å². The van der Waals surface area contributed by atoms with Crippen LogP contribution in [0, 0.1) is 6.92 Å². The summed E-state index contributed by atoms with van der Waals surface area (Å²) in [7, 11) is -0.576. The van der Waals surface area contributed by atoms with Crippen LogP contribution in [0.15, 0.2) is 23.8 Å². The number of aryl methyl sites for hydroxylation is 1. The molecule has 7 heteroatoms. The molecule has 0 aromatic carbocycles. The first-order valence-electron chi connectivity index (χ1n) is 9.25. The summed E-state index contributed by atoms with van der Waals surface area (Å²) in [6, 6.07) is 3.91. The Morgan fingerprint density at radius 1 is 1.22 bits per heavy atom. The molecule has 1 aromatic heterocycles. The molecule has 1 aromatic rings. The van der Waals surface area contributed by atoms with Crippen LogP contribution in [0.3, 0.4) is 0 Å². The van der Waals surface area contributed by atoms with Crippen LogP contribution in [0.4, 0.5) is 4.79 Å². The van der Waals surface area contributed by atoms with Gasteiger partial charge in [0.2, 0.25) is 0 Å². The number of rotatable bonds is 4. The first-order valence-corrected chi connectivity index (χ1v) is 9.25. The molecule has 2 heterocycles. The third-order valence-corrected chi connectivity index (χ3v) is 4.66. The van der Waals surface area contributed by atoms with Gasteiger partial charge in [-0.25, -0.2) is 4.79 Å². The molecular weight excluding hydrogens is 343 g/mol. The van der Waals surface area contributed by atoms with Gasteiger partial charge in [0.1, 0.15) is 5.60 Å². The summed E-state index contributed by atoms with van der Waals surface area (Å²) in [5.74, 6) is 0. The third kappa shape index (κ3) is 5.81. The van der Waals surface area contributed by atoms with Gasteiger partial charge in [-0.2, -0.15) is 0 Å². The first kappa shape index (κ1) is 21.4. The molecule has 0 radical (unpaired) electrons. The fourth-order valence-corrected chi connectivity index (χ4v) is 2.44. The third-order valence-electron chi connectivity index (χ3n) is 4.66. The number of nitrogens with zero attached hydrogens (tertiary/aromatic N) is 1. The van der Waals surface area contributed by atoms with Gasteiger partial charge in [-0.15, -0.1) is 0 Å². The van der Waals surface area contributed by atoms with Gasteiger partial charge in [0.15, 0.2) is 0 Å². The summed E-state index contributed by atoms with van der Waals surface area (Å²) >= 11 is 0. The van der Waals surface area contributed by atoms with Crippen LogP contribution < -0.4 is 5.32 Å². The molecule has 0 saturated carbocycles. The minimum absolute atomic E-state index is 0.237. The lowest BCUT2D eigenvalue weighted by molar-refractivity contribution is 0.00578. The smallest absolute Gasteiger partial charge is 0.444 e. The van der Waals surface area contributed by atoms with Crippen LogP contribution in [-0.2, 0) is 14.0 Å². The number of amides is 1. The number of pyridine rings is 1. The van der Waals surface area contributed by atoms with Gasteiger partial charge in [0, 0.05) is 12.7 Å². The van der Waals surface area contributed by atoms with Gasteiger partial charge in [-0.3, -0.25) is 4.98 Å². The molecule has 0 aliphatic carbocycles. The number of alkyl carbamates (subject to hydrolysis) is 1. The highest BCUT2D eigenvalue weighted by atomic mass is 16.7. The van der Waals surface area contributed by atoms with Crippen LogP contribution >= 0.6 is 0 Å². The van der Waals surface area contributed by atoms with Crippen molar-refractivity contribution >= 4 is 19.3 Å². The van der Waals surface area contributed by atoms with E-state index < -0.39 is 30.0 Å². The second kappa shape index (κ2) is 7.64. The average molecular weight is 374 g/mol. The second-order valence-electron chi connectivity index (χ2n) is 8.92. The molecule has 2 rings (SSSR count). The number of carbonyl (C=O) groups excluding carboxylic acids is 1. The zero-order chi connectivity index (χ0) is 20.5. The Kier molecular flexibility index (Phi) is 6.07. The number of aromatic nitrogens is 1. The van der Waals surface area contributed by atoms with E-state index in [0.717, 1.165) is 16.7 Å². The Morgan fingerprint density at radius 3 is 2.30 bits per heavy atom. The molecule has 1 N–H and O–H groups in total. The highest BCUT2D eigenvalue weighted by molar-refractivity contribution is 6.56. The summed E-state index contributed by atoms with van der Waals surface area (Å²) in [5.41, 5.74) is 1.13. The number of carbonyl (C=O) groups is 1. The minimum atomic E-state index is -0.576. The average Bonchev–Trinajstić information content (AvgIpc) is 2.72. The number of hydrogen-bond donors (Lipinski definition) is 1. The normalized spacial score (nSPS) is 19.1. The van der Waals surface area contributed by atoms with Gasteiger partial charge in [-0.05, 0) is 78.6 Å². The molecule has 0 spiro atoms. The molecule has 27 heavy (non-hydrogen) atoms. The van der Waals surface area contributed by atoms with E-state index in [1.165, 1.54) is 0 Å². The van der Waals surface area contributed by atoms with Crippen molar-refractivity contribution in [2.24, 2.45) is 0 Å². The lowest BCUT2D eigenvalue weighted by Gasteiger charge is -2.32. The van der Waals surface area contributed by atoms with E-state index in [0.29, 0.717) is 0 Å². The molecule has 148 valence electrons. The predicted molar refractivity (Wildman–Crippen MR) is 107 cm³/mol. The monoisotopic (exact) mass is 374 g/mol. The molecule has 1 aliphatic heterocycles. The van der Waals surface area contributed by atoms with Crippen LogP contribution in [0.5, 0.6) is 0 Å². The van der Waals surface area contributed by atoms with Crippen LogP contribution in [0.1, 0.15) is 59.7 Å². The van der Waals surface area contributed by atoms with Crippen LogP contribution in [-0.4, -0.2) is 41.5 Å². The van der Waals surface area contributed by atoms with E-state index in [2.05, 4.69) is 10.3 Å². The Balaban J connectivity index is 2.22. The van der Waals surface area contributed by atoms with Crippen molar-refractivity contribution in [1.29, 1.82) is 0 Å². The number of nitrogens with one attached hydrogen (secondary N) is 1. The standard InChI is InChI=1S/C20H31BN2O4/c1-14-9-10-16(22-12-14)11-15(13-23-17(24)25-18(2,3)4)21-26-19(5,6)20(7,8)27-21/h9-12H,13H2,1-8H3,(H,23,24). The van der Waals surface area contributed by atoms with Crippen molar-refractivity contribution in [2.75, 3.05) is 6.54 Å². The lowest BCUT2D eigenvalue weighted by Crippen LogP contribution is -2.41. The van der Waals surface area contributed by atoms with Crippen molar-refractivity contribution in [2.45, 2.75) is 72.2 Å². The Labute approximate surface area is 162 Å². The lowest BCUT2D eigenvalue weighted by atomic mass is 9.77. The number of ether oxygens (including phenoxy) is 1. The van der Waals surface area contributed by atoms with Crippen molar-refractivity contribution < 1.29 is 18.8 Å². The highest BCUT2D eigenvalue weighted by Gasteiger charge is 2.52. The van der Waals surface area contributed by atoms with E-state index in [9.17, 15) is 4.79 Å². The maximum absolute atomic E-state index is 12.1. The molecule has 0 unspecified atom stereocenters. The van der Waals surface area contributed by atoms with Crippen molar-refractivity contribution in [3.8, 4) is 0 Å². The van der Waals surface area contributed by atoms with Crippen LogP contribution in [0.2, 0.25) is 0 Å². The fourth-order valence-electron chi connectivity index (χ4n) is 2.44. The topological polar surface area (TPSA) is 69.7 Å². The molecule has 1 amide bonds.